The molecular formula is C14H21NO4. The molecule has 5 heteroatoms. The second-order valence-corrected chi connectivity index (χ2v) is 6.43. The van der Waals surface area contributed by atoms with Crippen molar-refractivity contribution in [3.05, 3.63) is 0 Å². The molecule has 1 saturated heterocycles. The van der Waals surface area contributed by atoms with Crippen LogP contribution in [0.25, 0.3) is 0 Å². The van der Waals surface area contributed by atoms with Gasteiger partial charge in [-0.3, -0.25) is 4.79 Å². The Kier molecular flexibility index (Phi) is 3.25. The van der Waals surface area contributed by atoms with Crippen molar-refractivity contribution in [1.29, 1.82) is 0 Å². The van der Waals surface area contributed by atoms with Gasteiger partial charge in [0.25, 0.3) is 0 Å². The molecule has 1 heterocycles. The Hall–Kier alpha value is -1.10. The molecule has 0 aromatic rings. The van der Waals surface area contributed by atoms with Crippen LogP contribution in [0.4, 0.5) is 0 Å². The number of carbonyl (C=O) groups excluding carboxylic acids is 1. The van der Waals surface area contributed by atoms with Crippen molar-refractivity contribution < 1.29 is 19.8 Å². The zero-order valence-electron chi connectivity index (χ0n) is 11.0. The van der Waals surface area contributed by atoms with E-state index in [0.717, 1.165) is 12.3 Å². The van der Waals surface area contributed by atoms with E-state index in [1.807, 2.05) is 0 Å². The molecule has 0 aromatic heterocycles. The number of aliphatic hydroxyl groups excluding tert-OH is 1. The molecule has 3 aliphatic rings. The van der Waals surface area contributed by atoms with Crippen LogP contribution in [0.5, 0.6) is 0 Å². The van der Waals surface area contributed by atoms with Crippen LogP contribution in [0.1, 0.15) is 38.5 Å². The van der Waals surface area contributed by atoms with Crippen LogP contribution in [0.2, 0.25) is 0 Å². The van der Waals surface area contributed by atoms with Crippen LogP contribution in [0.15, 0.2) is 0 Å². The smallest absolute Gasteiger partial charge is 0.326 e. The number of hydrogen-bond donors (Lipinski definition) is 2. The summed E-state index contributed by atoms with van der Waals surface area (Å²) in [5.74, 6) is 0.824. The van der Waals surface area contributed by atoms with Gasteiger partial charge in [-0.2, -0.15) is 0 Å². The number of carboxylic acid groups (broad SMARTS) is 1. The minimum atomic E-state index is -1.00. The minimum Gasteiger partial charge on any atom is -0.480 e. The number of likely N-dealkylation sites (tertiary alicyclic amines) is 1. The predicted molar refractivity (Wildman–Crippen MR) is 67.3 cm³/mol. The van der Waals surface area contributed by atoms with Crippen LogP contribution >= 0.6 is 0 Å². The average molecular weight is 267 g/mol. The van der Waals surface area contributed by atoms with E-state index in [9.17, 15) is 14.7 Å². The number of aliphatic carboxylic acids is 1. The zero-order valence-corrected chi connectivity index (χ0v) is 11.0. The summed E-state index contributed by atoms with van der Waals surface area (Å²) in [5, 5.41) is 18.7. The first kappa shape index (κ1) is 12.9. The summed E-state index contributed by atoms with van der Waals surface area (Å²) in [7, 11) is 0. The first-order valence-electron chi connectivity index (χ1n) is 7.25. The van der Waals surface area contributed by atoms with E-state index in [2.05, 4.69) is 0 Å². The summed E-state index contributed by atoms with van der Waals surface area (Å²) in [5.41, 5.74) is 0. The summed E-state index contributed by atoms with van der Waals surface area (Å²) in [6, 6.07) is -0.832. The molecule has 3 fully saturated rings. The van der Waals surface area contributed by atoms with E-state index in [4.69, 9.17) is 5.11 Å². The van der Waals surface area contributed by atoms with E-state index in [-0.39, 0.29) is 18.9 Å². The van der Waals surface area contributed by atoms with Crippen molar-refractivity contribution in [2.24, 2.45) is 17.8 Å². The summed E-state index contributed by atoms with van der Waals surface area (Å²) in [6.45, 7) is 0.177. The SMILES string of the molecule is O=C(O)[C@H]1C[C@@H](O)CN1C(=O)CC1CC2CCC1C2. The minimum absolute atomic E-state index is 0.0819. The van der Waals surface area contributed by atoms with Gasteiger partial charge in [-0.1, -0.05) is 6.42 Å². The number of fused-ring (bicyclic) bond motifs is 2. The summed E-state index contributed by atoms with van der Waals surface area (Å²) < 4.78 is 0. The highest BCUT2D eigenvalue weighted by molar-refractivity contribution is 5.84. The molecule has 1 amide bonds. The second kappa shape index (κ2) is 4.78. The van der Waals surface area contributed by atoms with Gasteiger partial charge in [-0.05, 0) is 37.0 Å². The van der Waals surface area contributed by atoms with Crippen LogP contribution in [-0.2, 0) is 9.59 Å². The highest BCUT2D eigenvalue weighted by Gasteiger charge is 2.43. The number of β-amino-alcohol motifs (C(OH)–C–C–N with tert-alkyl or cyclic N) is 1. The molecule has 3 unspecified atom stereocenters. The maximum Gasteiger partial charge on any atom is 0.326 e. The Morgan fingerprint density at radius 1 is 1.16 bits per heavy atom. The van der Waals surface area contributed by atoms with Crippen molar-refractivity contribution in [1.82, 2.24) is 4.90 Å². The van der Waals surface area contributed by atoms with Gasteiger partial charge in [-0.25, -0.2) is 4.79 Å². The van der Waals surface area contributed by atoms with Gasteiger partial charge in [0.15, 0.2) is 0 Å². The highest BCUT2D eigenvalue weighted by Crippen LogP contribution is 2.49. The molecule has 0 aromatic carbocycles. The fraction of sp³-hybridized carbons (Fsp3) is 0.857. The molecular weight excluding hydrogens is 246 g/mol. The molecule has 2 bridgehead atoms. The molecule has 2 saturated carbocycles. The van der Waals surface area contributed by atoms with Gasteiger partial charge < -0.3 is 15.1 Å². The molecule has 19 heavy (non-hydrogen) atoms. The lowest BCUT2D eigenvalue weighted by atomic mass is 9.86. The van der Waals surface area contributed by atoms with Crippen molar-refractivity contribution >= 4 is 11.9 Å². The Labute approximate surface area is 112 Å². The molecule has 2 N–H and O–H groups in total. The Morgan fingerprint density at radius 2 is 1.95 bits per heavy atom. The molecule has 2 aliphatic carbocycles. The second-order valence-electron chi connectivity index (χ2n) is 6.43. The monoisotopic (exact) mass is 267 g/mol. The number of carboxylic acids is 1. The zero-order chi connectivity index (χ0) is 13.6. The molecule has 5 nitrogen and oxygen atoms in total. The van der Waals surface area contributed by atoms with Crippen molar-refractivity contribution in [3.63, 3.8) is 0 Å². The third-order valence-corrected chi connectivity index (χ3v) is 5.21. The fourth-order valence-electron chi connectivity index (χ4n) is 4.29. The third kappa shape index (κ3) is 2.36. The molecule has 106 valence electrons. The Morgan fingerprint density at radius 3 is 2.53 bits per heavy atom. The highest BCUT2D eigenvalue weighted by atomic mass is 16.4. The van der Waals surface area contributed by atoms with Gasteiger partial charge in [-0.15, -0.1) is 0 Å². The maximum atomic E-state index is 12.3. The van der Waals surface area contributed by atoms with Crippen LogP contribution in [0.3, 0.4) is 0 Å². The lowest BCUT2D eigenvalue weighted by Crippen LogP contribution is -2.41. The largest absolute Gasteiger partial charge is 0.480 e. The van der Waals surface area contributed by atoms with E-state index in [1.165, 1.54) is 24.2 Å². The number of nitrogens with zero attached hydrogens (tertiary/aromatic N) is 1. The van der Waals surface area contributed by atoms with Gasteiger partial charge >= 0.3 is 5.97 Å². The molecule has 1 aliphatic heterocycles. The number of rotatable bonds is 3. The first-order chi connectivity index (χ1) is 9.04. The van der Waals surface area contributed by atoms with E-state index in [0.29, 0.717) is 18.3 Å². The lowest BCUT2D eigenvalue weighted by Gasteiger charge is -2.26. The third-order valence-electron chi connectivity index (χ3n) is 5.21. The van der Waals surface area contributed by atoms with Crippen LogP contribution in [-0.4, -0.2) is 45.7 Å². The quantitative estimate of drug-likeness (QED) is 0.795. The molecule has 0 radical (unpaired) electrons. The first-order valence-corrected chi connectivity index (χ1v) is 7.25. The van der Waals surface area contributed by atoms with Gasteiger partial charge in [0, 0.05) is 19.4 Å². The standard InChI is InChI=1S/C14H21NO4/c16-11-6-12(14(18)19)15(7-11)13(17)5-10-4-8-1-2-9(10)3-8/h8-12,16H,1-7H2,(H,18,19)/t8?,9?,10?,11-,12-/m1/s1. The van der Waals surface area contributed by atoms with Crippen LogP contribution < -0.4 is 0 Å². The normalized spacial score (nSPS) is 40.9. The van der Waals surface area contributed by atoms with Crippen LogP contribution in [0, 0.1) is 17.8 Å². The van der Waals surface area contributed by atoms with E-state index < -0.39 is 18.1 Å². The number of aliphatic hydroxyl groups is 1. The average Bonchev–Trinajstić information content (AvgIpc) is 3.02. The molecule has 5 atom stereocenters. The fourth-order valence-corrected chi connectivity index (χ4v) is 4.29. The van der Waals surface area contributed by atoms with Crippen molar-refractivity contribution in [2.75, 3.05) is 6.54 Å². The van der Waals surface area contributed by atoms with E-state index >= 15 is 0 Å². The summed E-state index contributed by atoms with van der Waals surface area (Å²) >= 11 is 0. The summed E-state index contributed by atoms with van der Waals surface area (Å²) in [4.78, 5) is 24.8. The Balaban J connectivity index is 1.62. The maximum absolute atomic E-state index is 12.3. The number of hydrogen-bond acceptors (Lipinski definition) is 3. The topological polar surface area (TPSA) is 77.8 Å². The number of amides is 1. The predicted octanol–water partition coefficient (Wildman–Crippen LogP) is 0.859. The van der Waals surface area contributed by atoms with Gasteiger partial charge in [0.2, 0.25) is 5.91 Å². The Bertz CT molecular complexity index is 397. The number of carbonyl (C=O) groups is 2. The molecule has 3 rings (SSSR count). The lowest BCUT2D eigenvalue weighted by molar-refractivity contribution is -0.148. The van der Waals surface area contributed by atoms with Crippen molar-refractivity contribution in [2.45, 2.75) is 50.7 Å². The van der Waals surface area contributed by atoms with Gasteiger partial charge in [0.05, 0.1) is 6.10 Å². The van der Waals surface area contributed by atoms with Crippen molar-refractivity contribution in [3.8, 4) is 0 Å². The summed E-state index contributed by atoms with van der Waals surface area (Å²) in [6.07, 6.45) is 4.86. The molecule has 0 spiro atoms. The van der Waals surface area contributed by atoms with E-state index in [1.54, 1.807) is 0 Å². The van der Waals surface area contributed by atoms with Gasteiger partial charge in [0.1, 0.15) is 6.04 Å².